The Kier molecular flexibility index (Phi) is 3.86. The zero-order valence-electron chi connectivity index (χ0n) is 12.5. The van der Waals surface area contributed by atoms with Crippen LogP contribution in [-0.2, 0) is 11.3 Å². The molecule has 0 saturated carbocycles. The van der Waals surface area contributed by atoms with Crippen molar-refractivity contribution in [3.05, 3.63) is 53.8 Å². The first-order valence-electron chi connectivity index (χ1n) is 6.95. The quantitative estimate of drug-likeness (QED) is 0.743. The second-order valence-electron chi connectivity index (χ2n) is 5.37. The van der Waals surface area contributed by atoms with Crippen molar-refractivity contribution in [1.29, 1.82) is 0 Å². The van der Waals surface area contributed by atoms with Crippen LogP contribution in [0, 0.1) is 0 Å². The number of hydrogen-bond donors (Lipinski definition) is 0. The number of fused-ring (bicyclic) bond motifs is 1. The minimum Gasteiger partial charge on any atom is -0.347 e. The van der Waals surface area contributed by atoms with Crippen LogP contribution in [0.5, 0.6) is 0 Å². The number of rotatable bonds is 3. The monoisotopic (exact) mass is 313 g/mol. The second-order valence-corrected chi connectivity index (χ2v) is 5.81. The molecule has 0 saturated heterocycles. The molecule has 0 unspecified atom stereocenters. The van der Waals surface area contributed by atoms with Gasteiger partial charge in [0, 0.05) is 37.1 Å². The molecule has 0 aliphatic rings. The first kappa shape index (κ1) is 14.6. The molecule has 4 nitrogen and oxygen atoms in total. The van der Waals surface area contributed by atoms with Crippen molar-refractivity contribution in [2.75, 3.05) is 14.1 Å². The van der Waals surface area contributed by atoms with E-state index >= 15 is 0 Å². The summed E-state index contributed by atoms with van der Waals surface area (Å²) in [5, 5.41) is 0.691. The third-order valence-electron chi connectivity index (χ3n) is 3.58. The van der Waals surface area contributed by atoms with Crippen molar-refractivity contribution in [3.8, 4) is 11.1 Å². The third kappa shape index (κ3) is 2.83. The van der Waals surface area contributed by atoms with E-state index < -0.39 is 0 Å². The van der Waals surface area contributed by atoms with Gasteiger partial charge in [0.1, 0.15) is 6.54 Å². The number of aromatic nitrogens is 2. The van der Waals surface area contributed by atoms with Crippen molar-refractivity contribution < 1.29 is 4.79 Å². The fraction of sp³-hybridized carbons (Fsp3) is 0.176. The predicted octanol–water partition coefficient (Wildman–Crippen LogP) is 3.44. The van der Waals surface area contributed by atoms with Crippen LogP contribution >= 0.6 is 11.6 Å². The molecule has 0 radical (unpaired) electrons. The van der Waals surface area contributed by atoms with Gasteiger partial charge >= 0.3 is 0 Å². The average molecular weight is 314 g/mol. The van der Waals surface area contributed by atoms with Crippen LogP contribution in [0.15, 0.2) is 48.8 Å². The largest absolute Gasteiger partial charge is 0.347 e. The van der Waals surface area contributed by atoms with Crippen molar-refractivity contribution in [2.24, 2.45) is 0 Å². The summed E-state index contributed by atoms with van der Waals surface area (Å²) in [6, 6.07) is 11.6. The van der Waals surface area contributed by atoms with E-state index in [1.165, 1.54) is 0 Å². The first-order chi connectivity index (χ1) is 10.5. The van der Waals surface area contributed by atoms with Gasteiger partial charge in [-0.15, -0.1) is 0 Å². The number of carbonyl (C=O) groups is 1. The maximum Gasteiger partial charge on any atom is 0.241 e. The Morgan fingerprint density at radius 1 is 1.23 bits per heavy atom. The van der Waals surface area contributed by atoms with E-state index in [1.807, 2.05) is 53.4 Å². The van der Waals surface area contributed by atoms with Crippen LogP contribution in [0.1, 0.15) is 0 Å². The van der Waals surface area contributed by atoms with E-state index in [2.05, 4.69) is 4.98 Å². The van der Waals surface area contributed by atoms with E-state index in [-0.39, 0.29) is 5.91 Å². The molecule has 0 bridgehead atoms. The SMILES string of the molecule is CN(C)C(=O)Cn1ccc2ncc(-c3cccc(Cl)c3)cc21. The minimum absolute atomic E-state index is 0.0469. The Balaban J connectivity index is 2.03. The molecule has 3 aromatic rings. The zero-order valence-corrected chi connectivity index (χ0v) is 13.2. The summed E-state index contributed by atoms with van der Waals surface area (Å²) >= 11 is 6.05. The summed E-state index contributed by atoms with van der Waals surface area (Å²) in [7, 11) is 3.51. The Hall–Kier alpha value is -2.33. The summed E-state index contributed by atoms with van der Waals surface area (Å²) < 4.78 is 1.92. The zero-order chi connectivity index (χ0) is 15.7. The number of amides is 1. The van der Waals surface area contributed by atoms with Gasteiger partial charge in [-0.3, -0.25) is 9.78 Å². The molecule has 0 aliphatic carbocycles. The number of benzene rings is 1. The molecule has 0 atom stereocenters. The predicted molar refractivity (Wildman–Crippen MR) is 88.9 cm³/mol. The van der Waals surface area contributed by atoms with Gasteiger partial charge < -0.3 is 9.47 Å². The Labute approximate surface area is 133 Å². The van der Waals surface area contributed by atoms with Gasteiger partial charge in [0.15, 0.2) is 0 Å². The summed E-state index contributed by atoms with van der Waals surface area (Å²) in [5.41, 5.74) is 3.80. The average Bonchev–Trinajstić information content (AvgIpc) is 2.89. The maximum atomic E-state index is 11.9. The second kappa shape index (κ2) is 5.81. The van der Waals surface area contributed by atoms with Crippen molar-refractivity contribution in [1.82, 2.24) is 14.5 Å². The van der Waals surface area contributed by atoms with Crippen LogP contribution in [0.3, 0.4) is 0 Å². The molecule has 0 fully saturated rings. The molecule has 0 spiro atoms. The van der Waals surface area contributed by atoms with Crippen LogP contribution in [0.25, 0.3) is 22.2 Å². The number of likely N-dealkylation sites (N-methyl/N-ethyl adjacent to an activating group) is 1. The molecule has 3 rings (SSSR count). The normalized spacial score (nSPS) is 10.9. The van der Waals surface area contributed by atoms with E-state index in [1.54, 1.807) is 19.0 Å². The minimum atomic E-state index is 0.0469. The van der Waals surface area contributed by atoms with Gasteiger partial charge in [0.2, 0.25) is 5.91 Å². The molecule has 2 heterocycles. The third-order valence-corrected chi connectivity index (χ3v) is 3.82. The van der Waals surface area contributed by atoms with Crippen molar-refractivity contribution in [2.45, 2.75) is 6.54 Å². The van der Waals surface area contributed by atoms with Gasteiger partial charge in [-0.05, 0) is 29.8 Å². The fourth-order valence-electron chi connectivity index (χ4n) is 2.31. The smallest absolute Gasteiger partial charge is 0.241 e. The maximum absolute atomic E-state index is 11.9. The summed E-state index contributed by atoms with van der Waals surface area (Å²) in [4.78, 5) is 18.0. The molecule has 0 aliphatic heterocycles. The molecule has 5 heteroatoms. The van der Waals surface area contributed by atoms with Gasteiger partial charge in [-0.25, -0.2) is 0 Å². The summed E-state index contributed by atoms with van der Waals surface area (Å²) in [6.45, 7) is 0.303. The lowest BCUT2D eigenvalue weighted by atomic mass is 10.1. The summed E-state index contributed by atoms with van der Waals surface area (Å²) in [5.74, 6) is 0.0469. The van der Waals surface area contributed by atoms with Crippen LogP contribution in [0.4, 0.5) is 0 Å². The van der Waals surface area contributed by atoms with E-state index in [0.717, 1.165) is 22.2 Å². The van der Waals surface area contributed by atoms with Crippen LogP contribution < -0.4 is 0 Å². The molecule has 112 valence electrons. The highest BCUT2D eigenvalue weighted by Crippen LogP contribution is 2.25. The Morgan fingerprint density at radius 2 is 2.05 bits per heavy atom. The van der Waals surface area contributed by atoms with Gasteiger partial charge in [0.05, 0.1) is 11.0 Å². The van der Waals surface area contributed by atoms with Gasteiger partial charge in [0.25, 0.3) is 0 Å². The molecular weight excluding hydrogens is 298 g/mol. The fourth-order valence-corrected chi connectivity index (χ4v) is 2.50. The highest BCUT2D eigenvalue weighted by atomic mass is 35.5. The Morgan fingerprint density at radius 3 is 2.77 bits per heavy atom. The number of carbonyl (C=O) groups excluding carboxylic acids is 1. The van der Waals surface area contributed by atoms with E-state index in [0.29, 0.717) is 11.6 Å². The standard InChI is InChI=1S/C17H16ClN3O/c1-20(2)17(22)11-21-7-6-15-16(21)9-13(10-19-15)12-4-3-5-14(18)8-12/h3-10H,11H2,1-2H3. The molecule has 1 aromatic carbocycles. The van der Waals surface area contributed by atoms with Crippen LogP contribution in [-0.4, -0.2) is 34.5 Å². The molecule has 22 heavy (non-hydrogen) atoms. The summed E-state index contributed by atoms with van der Waals surface area (Å²) in [6.07, 6.45) is 3.72. The number of pyridine rings is 1. The molecule has 0 N–H and O–H groups in total. The lowest BCUT2D eigenvalue weighted by Crippen LogP contribution is -2.25. The molecule has 1 amide bonds. The highest BCUT2D eigenvalue weighted by molar-refractivity contribution is 6.30. The van der Waals surface area contributed by atoms with Crippen molar-refractivity contribution >= 4 is 28.5 Å². The molecule has 2 aromatic heterocycles. The topological polar surface area (TPSA) is 38.1 Å². The lowest BCUT2D eigenvalue weighted by Gasteiger charge is -2.12. The van der Waals surface area contributed by atoms with Crippen molar-refractivity contribution in [3.63, 3.8) is 0 Å². The first-order valence-corrected chi connectivity index (χ1v) is 7.33. The lowest BCUT2D eigenvalue weighted by molar-refractivity contribution is -0.129. The molecular formula is C17H16ClN3O. The number of nitrogens with zero attached hydrogens (tertiary/aromatic N) is 3. The number of halogens is 1. The Bertz CT molecular complexity index is 839. The van der Waals surface area contributed by atoms with Gasteiger partial charge in [-0.2, -0.15) is 0 Å². The van der Waals surface area contributed by atoms with Crippen LogP contribution in [0.2, 0.25) is 5.02 Å². The highest BCUT2D eigenvalue weighted by Gasteiger charge is 2.10. The van der Waals surface area contributed by atoms with E-state index in [9.17, 15) is 4.79 Å². The number of hydrogen-bond acceptors (Lipinski definition) is 2. The van der Waals surface area contributed by atoms with Gasteiger partial charge in [-0.1, -0.05) is 23.7 Å². The van der Waals surface area contributed by atoms with E-state index in [4.69, 9.17) is 11.6 Å².